The number of nitrogens with one attached hydrogen (secondary N) is 2. The number of fused-ring (bicyclic) bond motifs is 1. The van der Waals surface area contributed by atoms with Gasteiger partial charge < -0.3 is 11.1 Å². The molecule has 5 nitrogen and oxygen atoms in total. The summed E-state index contributed by atoms with van der Waals surface area (Å²) in [5.74, 6) is 0. The summed E-state index contributed by atoms with van der Waals surface area (Å²) in [4.78, 5) is 4.35. The summed E-state index contributed by atoms with van der Waals surface area (Å²) >= 11 is 0. The van der Waals surface area contributed by atoms with E-state index in [9.17, 15) is 0 Å². The molecule has 3 rings (SSSR count). The topological polar surface area (TPSA) is 79.6 Å². The third kappa shape index (κ3) is 2.22. The Kier molecular flexibility index (Phi) is 2.79. The van der Waals surface area contributed by atoms with Gasteiger partial charge >= 0.3 is 0 Å². The minimum atomic E-state index is 0.649. The van der Waals surface area contributed by atoms with Crippen LogP contribution in [0.3, 0.4) is 0 Å². The highest BCUT2D eigenvalue weighted by atomic mass is 15.1. The van der Waals surface area contributed by atoms with Crippen LogP contribution in [0.2, 0.25) is 0 Å². The second-order valence-corrected chi connectivity index (χ2v) is 4.52. The molecule has 0 atom stereocenters. The lowest BCUT2D eigenvalue weighted by Gasteiger charge is -2.10. The quantitative estimate of drug-likeness (QED) is 0.626. The van der Waals surface area contributed by atoms with E-state index in [4.69, 9.17) is 5.73 Å². The van der Waals surface area contributed by atoms with Crippen LogP contribution < -0.4 is 11.1 Å². The molecule has 0 aliphatic carbocycles. The van der Waals surface area contributed by atoms with Crippen molar-refractivity contribution in [2.45, 2.75) is 13.5 Å². The smallest absolute Gasteiger partial charge is 0.0672 e. The number of aromatic amines is 1. The minimum Gasteiger partial charge on any atom is -0.397 e. The average molecular weight is 253 g/mol. The summed E-state index contributed by atoms with van der Waals surface area (Å²) in [6.07, 6.45) is 3.56. The lowest BCUT2D eigenvalue weighted by Crippen LogP contribution is -2.05. The van der Waals surface area contributed by atoms with Crippen LogP contribution in [-0.4, -0.2) is 15.2 Å². The molecule has 19 heavy (non-hydrogen) atoms. The molecule has 0 aliphatic heterocycles. The Balaban J connectivity index is 1.85. The van der Waals surface area contributed by atoms with Crippen LogP contribution in [0.4, 0.5) is 11.4 Å². The van der Waals surface area contributed by atoms with Gasteiger partial charge in [-0.25, -0.2) is 0 Å². The van der Waals surface area contributed by atoms with Gasteiger partial charge in [0.15, 0.2) is 0 Å². The molecule has 0 bridgehead atoms. The van der Waals surface area contributed by atoms with E-state index in [1.165, 1.54) is 0 Å². The first-order chi connectivity index (χ1) is 9.24. The molecule has 96 valence electrons. The molecular weight excluding hydrogens is 238 g/mol. The lowest BCUT2D eigenvalue weighted by atomic mass is 10.2. The van der Waals surface area contributed by atoms with Gasteiger partial charge in [-0.2, -0.15) is 5.10 Å². The SMILES string of the molecule is Cc1cccnc1CNc1cc2[nH]ncc2cc1N. The zero-order chi connectivity index (χ0) is 13.2. The van der Waals surface area contributed by atoms with E-state index < -0.39 is 0 Å². The Morgan fingerprint density at radius 1 is 1.37 bits per heavy atom. The van der Waals surface area contributed by atoms with Crippen molar-refractivity contribution >= 4 is 22.3 Å². The molecule has 0 saturated heterocycles. The zero-order valence-corrected chi connectivity index (χ0v) is 10.6. The van der Waals surface area contributed by atoms with Crippen molar-refractivity contribution in [3.05, 3.63) is 47.9 Å². The Morgan fingerprint density at radius 2 is 2.26 bits per heavy atom. The van der Waals surface area contributed by atoms with E-state index in [1.807, 2.05) is 31.2 Å². The standard InChI is InChI=1S/C14H15N5/c1-9-3-2-4-16-14(9)8-17-13-6-12-10(5-11(13)15)7-18-19-12/h2-7,17H,8,15H2,1H3,(H,18,19). The number of rotatable bonds is 3. The van der Waals surface area contributed by atoms with Crippen LogP contribution in [-0.2, 0) is 6.54 Å². The first kappa shape index (κ1) is 11.5. The number of nitrogens with two attached hydrogens (primary N) is 1. The number of benzene rings is 1. The molecule has 0 fully saturated rings. The molecule has 1 aromatic carbocycles. The molecule has 0 aliphatic rings. The van der Waals surface area contributed by atoms with E-state index >= 15 is 0 Å². The number of H-pyrrole nitrogens is 1. The first-order valence-corrected chi connectivity index (χ1v) is 6.11. The molecule has 2 aromatic heterocycles. The first-order valence-electron chi connectivity index (χ1n) is 6.11. The highest BCUT2D eigenvalue weighted by Crippen LogP contribution is 2.25. The van der Waals surface area contributed by atoms with Crippen molar-refractivity contribution in [2.75, 3.05) is 11.1 Å². The average Bonchev–Trinajstić information content (AvgIpc) is 2.84. The Morgan fingerprint density at radius 3 is 3.11 bits per heavy atom. The van der Waals surface area contributed by atoms with Gasteiger partial charge in [-0.15, -0.1) is 0 Å². The number of nitrogens with zero attached hydrogens (tertiary/aromatic N) is 2. The van der Waals surface area contributed by atoms with E-state index in [-0.39, 0.29) is 0 Å². The summed E-state index contributed by atoms with van der Waals surface area (Å²) in [5.41, 5.74) is 10.8. The molecule has 0 radical (unpaired) electrons. The van der Waals surface area contributed by atoms with Crippen LogP contribution in [0, 0.1) is 6.92 Å². The number of aryl methyl sites for hydroxylation is 1. The van der Waals surface area contributed by atoms with Crippen LogP contribution >= 0.6 is 0 Å². The summed E-state index contributed by atoms with van der Waals surface area (Å²) in [6, 6.07) is 7.86. The Labute approximate surface area is 110 Å². The number of anilines is 2. The van der Waals surface area contributed by atoms with Gasteiger partial charge in [0.2, 0.25) is 0 Å². The zero-order valence-electron chi connectivity index (χ0n) is 10.6. The predicted molar refractivity (Wildman–Crippen MR) is 76.8 cm³/mol. The van der Waals surface area contributed by atoms with Gasteiger partial charge in [0.05, 0.1) is 35.3 Å². The molecule has 0 saturated carbocycles. The van der Waals surface area contributed by atoms with E-state index in [0.29, 0.717) is 12.2 Å². The molecule has 2 heterocycles. The van der Waals surface area contributed by atoms with Gasteiger partial charge in [0.1, 0.15) is 0 Å². The van der Waals surface area contributed by atoms with E-state index in [1.54, 1.807) is 12.4 Å². The van der Waals surface area contributed by atoms with Crippen LogP contribution in [0.25, 0.3) is 10.9 Å². The maximum absolute atomic E-state index is 6.02. The number of aromatic nitrogens is 3. The largest absolute Gasteiger partial charge is 0.397 e. The highest BCUT2D eigenvalue weighted by molar-refractivity contribution is 5.88. The molecule has 0 unspecified atom stereocenters. The molecule has 0 amide bonds. The normalized spacial score (nSPS) is 10.8. The van der Waals surface area contributed by atoms with Gasteiger partial charge in [0, 0.05) is 11.6 Å². The fourth-order valence-electron chi connectivity index (χ4n) is 2.04. The summed E-state index contributed by atoms with van der Waals surface area (Å²) in [7, 11) is 0. The van der Waals surface area contributed by atoms with Gasteiger partial charge in [-0.3, -0.25) is 10.1 Å². The number of hydrogen-bond acceptors (Lipinski definition) is 4. The molecule has 3 aromatic rings. The molecular formula is C14H15N5. The van der Waals surface area contributed by atoms with Crippen molar-refractivity contribution in [2.24, 2.45) is 0 Å². The minimum absolute atomic E-state index is 0.649. The van der Waals surface area contributed by atoms with Crippen LogP contribution in [0.1, 0.15) is 11.3 Å². The van der Waals surface area contributed by atoms with Gasteiger partial charge in [-0.1, -0.05) is 6.07 Å². The second kappa shape index (κ2) is 4.61. The summed E-state index contributed by atoms with van der Waals surface area (Å²) in [5, 5.41) is 11.3. The lowest BCUT2D eigenvalue weighted by molar-refractivity contribution is 1.02. The number of pyridine rings is 1. The molecule has 5 heteroatoms. The van der Waals surface area contributed by atoms with Crippen LogP contribution in [0.5, 0.6) is 0 Å². The summed E-state index contributed by atoms with van der Waals surface area (Å²) in [6.45, 7) is 2.70. The third-order valence-electron chi connectivity index (χ3n) is 3.17. The Bertz CT molecular complexity index is 717. The monoisotopic (exact) mass is 253 g/mol. The maximum Gasteiger partial charge on any atom is 0.0672 e. The van der Waals surface area contributed by atoms with Crippen molar-refractivity contribution in [1.29, 1.82) is 0 Å². The number of nitrogen functional groups attached to an aromatic ring is 1. The van der Waals surface area contributed by atoms with Crippen LogP contribution in [0.15, 0.2) is 36.7 Å². The molecule has 0 spiro atoms. The number of hydrogen-bond donors (Lipinski definition) is 3. The molecule has 4 N–H and O–H groups in total. The maximum atomic E-state index is 6.02. The highest BCUT2D eigenvalue weighted by Gasteiger charge is 2.05. The van der Waals surface area contributed by atoms with Crippen molar-refractivity contribution in [3.8, 4) is 0 Å². The third-order valence-corrected chi connectivity index (χ3v) is 3.17. The van der Waals surface area contributed by atoms with Crippen molar-refractivity contribution in [1.82, 2.24) is 15.2 Å². The van der Waals surface area contributed by atoms with Crippen molar-refractivity contribution in [3.63, 3.8) is 0 Å². The van der Waals surface area contributed by atoms with Gasteiger partial charge in [0.25, 0.3) is 0 Å². The second-order valence-electron chi connectivity index (χ2n) is 4.52. The predicted octanol–water partition coefficient (Wildman–Crippen LogP) is 2.46. The summed E-state index contributed by atoms with van der Waals surface area (Å²) < 4.78 is 0. The Hall–Kier alpha value is -2.56. The fourth-order valence-corrected chi connectivity index (χ4v) is 2.04. The van der Waals surface area contributed by atoms with Gasteiger partial charge in [-0.05, 0) is 30.7 Å². The van der Waals surface area contributed by atoms with E-state index in [2.05, 4.69) is 20.5 Å². The van der Waals surface area contributed by atoms with E-state index in [0.717, 1.165) is 27.8 Å². The fraction of sp³-hybridized carbons (Fsp3) is 0.143. The van der Waals surface area contributed by atoms with Crippen molar-refractivity contribution < 1.29 is 0 Å².